The van der Waals surface area contributed by atoms with E-state index in [1.54, 1.807) is 12.1 Å². The molecule has 2 aromatic rings. The number of aromatic hydroxyl groups is 1. The van der Waals surface area contributed by atoms with E-state index < -0.39 is 0 Å². The molecule has 0 aromatic carbocycles. The fraction of sp³-hybridized carbons (Fsp3) is 0.467. The lowest BCUT2D eigenvalue weighted by Crippen LogP contribution is -2.22. The Labute approximate surface area is 122 Å². The summed E-state index contributed by atoms with van der Waals surface area (Å²) in [4.78, 5) is 4.15. The van der Waals surface area contributed by atoms with Crippen LogP contribution in [0.2, 0.25) is 0 Å². The SMILES string of the molecule is Cc1noc(-c2ccc(O)cn2)c1COC1CCCCO1. The third kappa shape index (κ3) is 3.22. The Balaban J connectivity index is 1.75. The van der Waals surface area contributed by atoms with Gasteiger partial charge in [-0.1, -0.05) is 5.16 Å². The average molecular weight is 290 g/mol. The monoisotopic (exact) mass is 290 g/mol. The minimum absolute atomic E-state index is 0.114. The molecular formula is C15H18N2O4. The molecule has 0 aliphatic carbocycles. The van der Waals surface area contributed by atoms with E-state index in [4.69, 9.17) is 14.0 Å². The molecule has 3 rings (SSSR count). The third-order valence-corrected chi connectivity index (χ3v) is 3.52. The molecular weight excluding hydrogens is 272 g/mol. The predicted molar refractivity (Wildman–Crippen MR) is 74.5 cm³/mol. The zero-order valence-electron chi connectivity index (χ0n) is 11.9. The van der Waals surface area contributed by atoms with Gasteiger partial charge >= 0.3 is 0 Å². The Kier molecular flexibility index (Phi) is 4.17. The van der Waals surface area contributed by atoms with Gasteiger partial charge in [0.1, 0.15) is 11.4 Å². The van der Waals surface area contributed by atoms with Crippen molar-refractivity contribution in [3.63, 3.8) is 0 Å². The van der Waals surface area contributed by atoms with Gasteiger partial charge in [0.05, 0.1) is 24.1 Å². The van der Waals surface area contributed by atoms with Crippen molar-refractivity contribution in [3.05, 3.63) is 29.6 Å². The zero-order valence-corrected chi connectivity index (χ0v) is 11.9. The van der Waals surface area contributed by atoms with Crippen LogP contribution in [0.4, 0.5) is 0 Å². The van der Waals surface area contributed by atoms with Gasteiger partial charge in [-0.25, -0.2) is 4.98 Å². The van der Waals surface area contributed by atoms with Crippen molar-refractivity contribution in [2.75, 3.05) is 6.61 Å². The van der Waals surface area contributed by atoms with Crippen LogP contribution < -0.4 is 0 Å². The van der Waals surface area contributed by atoms with Crippen LogP contribution in [0.3, 0.4) is 0 Å². The van der Waals surface area contributed by atoms with Gasteiger partial charge in [0.25, 0.3) is 0 Å². The number of aryl methyl sites for hydroxylation is 1. The first-order valence-corrected chi connectivity index (χ1v) is 7.08. The molecule has 6 nitrogen and oxygen atoms in total. The minimum Gasteiger partial charge on any atom is -0.506 e. The number of hydrogen-bond acceptors (Lipinski definition) is 6. The summed E-state index contributed by atoms with van der Waals surface area (Å²) in [5.41, 5.74) is 2.26. The summed E-state index contributed by atoms with van der Waals surface area (Å²) < 4.78 is 16.7. The Morgan fingerprint density at radius 1 is 1.38 bits per heavy atom. The zero-order chi connectivity index (χ0) is 14.7. The molecule has 0 spiro atoms. The molecule has 1 saturated heterocycles. The lowest BCUT2D eigenvalue weighted by Gasteiger charge is -2.22. The van der Waals surface area contributed by atoms with Crippen LogP contribution in [0, 0.1) is 6.92 Å². The van der Waals surface area contributed by atoms with Crippen LogP contribution in [0.1, 0.15) is 30.5 Å². The number of rotatable bonds is 4. The summed E-state index contributed by atoms with van der Waals surface area (Å²) in [6.07, 6.45) is 4.35. The molecule has 21 heavy (non-hydrogen) atoms. The molecule has 1 aliphatic heterocycles. The number of nitrogens with zero attached hydrogens (tertiary/aromatic N) is 2. The first-order chi connectivity index (χ1) is 10.2. The maximum absolute atomic E-state index is 9.30. The van der Waals surface area contributed by atoms with Crippen LogP contribution in [0.25, 0.3) is 11.5 Å². The van der Waals surface area contributed by atoms with E-state index in [9.17, 15) is 5.11 Å². The molecule has 0 radical (unpaired) electrons. The largest absolute Gasteiger partial charge is 0.506 e. The van der Waals surface area contributed by atoms with Crippen molar-refractivity contribution < 1.29 is 19.1 Å². The summed E-state index contributed by atoms with van der Waals surface area (Å²) in [5.74, 6) is 0.687. The molecule has 1 unspecified atom stereocenters. The van der Waals surface area contributed by atoms with Crippen molar-refractivity contribution >= 4 is 0 Å². The maximum atomic E-state index is 9.30. The second-order valence-electron chi connectivity index (χ2n) is 5.08. The van der Waals surface area contributed by atoms with Crippen LogP contribution in [0.5, 0.6) is 5.75 Å². The lowest BCUT2D eigenvalue weighted by atomic mass is 10.1. The topological polar surface area (TPSA) is 77.6 Å². The molecule has 0 bridgehead atoms. The standard InChI is InChI=1S/C15H18N2O4/c1-10-12(9-20-14-4-2-3-7-19-14)15(21-17-10)13-6-5-11(18)8-16-13/h5-6,8,14,18H,2-4,7,9H2,1H3. The van der Waals surface area contributed by atoms with Gasteiger partial charge in [0.15, 0.2) is 12.1 Å². The second-order valence-corrected chi connectivity index (χ2v) is 5.08. The number of ether oxygens (including phenoxy) is 2. The van der Waals surface area contributed by atoms with Crippen LogP contribution in [-0.4, -0.2) is 28.1 Å². The molecule has 112 valence electrons. The van der Waals surface area contributed by atoms with E-state index in [0.29, 0.717) is 18.1 Å². The summed E-state index contributed by atoms with van der Waals surface area (Å²) in [6.45, 7) is 2.99. The van der Waals surface area contributed by atoms with Crippen molar-refractivity contribution in [2.24, 2.45) is 0 Å². The average Bonchev–Trinajstić information content (AvgIpc) is 2.88. The van der Waals surface area contributed by atoms with Gasteiger partial charge in [-0.2, -0.15) is 0 Å². The van der Waals surface area contributed by atoms with Gasteiger partial charge in [-0.05, 0) is 38.3 Å². The van der Waals surface area contributed by atoms with Crippen LogP contribution in [0.15, 0.2) is 22.9 Å². The fourth-order valence-electron chi connectivity index (χ4n) is 2.30. The minimum atomic E-state index is -0.159. The number of aromatic nitrogens is 2. The fourth-order valence-corrected chi connectivity index (χ4v) is 2.30. The normalized spacial score (nSPS) is 18.8. The Hall–Kier alpha value is -1.92. The molecule has 1 atom stereocenters. The van der Waals surface area contributed by atoms with Gasteiger partial charge in [-0.15, -0.1) is 0 Å². The highest BCUT2D eigenvalue weighted by Crippen LogP contribution is 2.27. The molecule has 1 fully saturated rings. The van der Waals surface area contributed by atoms with Gasteiger partial charge in [-0.3, -0.25) is 0 Å². The van der Waals surface area contributed by atoms with Gasteiger partial charge < -0.3 is 19.1 Å². The Bertz CT molecular complexity index is 588. The van der Waals surface area contributed by atoms with Crippen molar-refractivity contribution in [1.82, 2.24) is 10.1 Å². The predicted octanol–water partition coefficient (Wildman–Crippen LogP) is 2.79. The third-order valence-electron chi connectivity index (χ3n) is 3.52. The van der Waals surface area contributed by atoms with E-state index in [2.05, 4.69) is 10.1 Å². The van der Waals surface area contributed by atoms with Gasteiger partial charge in [0, 0.05) is 6.61 Å². The number of hydrogen-bond donors (Lipinski definition) is 1. The Morgan fingerprint density at radius 2 is 2.29 bits per heavy atom. The highest BCUT2D eigenvalue weighted by Gasteiger charge is 2.20. The summed E-state index contributed by atoms with van der Waals surface area (Å²) in [5, 5.41) is 13.3. The summed E-state index contributed by atoms with van der Waals surface area (Å²) in [6, 6.07) is 3.25. The highest BCUT2D eigenvalue weighted by molar-refractivity contribution is 5.57. The molecule has 1 aliphatic rings. The molecule has 6 heteroatoms. The van der Waals surface area contributed by atoms with E-state index in [1.165, 1.54) is 6.20 Å². The summed E-state index contributed by atoms with van der Waals surface area (Å²) in [7, 11) is 0. The van der Waals surface area contributed by atoms with E-state index in [-0.39, 0.29) is 12.0 Å². The molecule has 3 heterocycles. The van der Waals surface area contributed by atoms with Crippen LogP contribution >= 0.6 is 0 Å². The van der Waals surface area contributed by atoms with Crippen molar-refractivity contribution in [3.8, 4) is 17.2 Å². The highest BCUT2D eigenvalue weighted by atomic mass is 16.7. The van der Waals surface area contributed by atoms with E-state index in [0.717, 1.165) is 37.1 Å². The first kappa shape index (κ1) is 14.0. The first-order valence-electron chi connectivity index (χ1n) is 7.08. The second kappa shape index (κ2) is 6.24. The lowest BCUT2D eigenvalue weighted by molar-refractivity contribution is -0.168. The number of pyridine rings is 1. The maximum Gasteiger partial charge on any atom is 0.190 e. The van der Waals surface area contributed by atoms with Gasteiger partial charge in [0.2, 0.25) is 0 Å². The quantitative estimate of drug-likeness (QED) is 0.933. The molecule has 0 saturated carbocycles. The summed E-state index contributed by atoms with van der Waals surface area (Å²) >= 11 is 0. The molecule has 0 amide bonds. The molecule has 2 aromatic heterocycles. The van der Waals surface area contributed by atoms with E-state index in [1.807, 2.05) is 6.92 Å². The van der Waals surface area contributed by atoms with Crippen LogP contribution in [-0.2, 0) is 16.1 Å². The Morgan fingerprint density at radius 3 is 3.00 bits per heavy atom. The molecule has 1 N–H and O–H groups in total. The van der Waals surface area contributed by atoms with E-state index >= 15 is 0 Å². The van der Waals surface area contributed by atoms with Crippen molar-refractivity contribution in [1.29, 1.82) is 0 Å². The smallest absolute Gasteiger partial charge is 0.190 e. The van der Waals surface area contributed by atoms with Crippen molar-refractivity contribution in [2.45, 2.75) is 39.1 Å².